The van der Waals surface area contributed by atoms with E-state index < -0.39 is 45.6 Å². The summed E-state index contributed by atoms with van der Waals surface area (Å²) in [6.07, 6.45) is 0. The summed E-state index contributed by atoms with van der Waals surface area (Å²) in [5, 5.41) is 0. The quantitative estimate of drug-likeness (QED) is 0.121. The smallest absolute Gasteiger partial charge is 0.271 e. The fourth-order valence-corrected chi connectivity index (χ4v) is 1.34. The Balaban J connectivity index is -0.0000000720. The zero-order valence-corrected chi connectivity index (χ0v) is 35.1. The van der Waals surface area contributed by atoms with Gasteiger partial charge >= 0.3 is 62.6 Å². The van der Waals surface area contributed by atoms with Gasteiger partial charge in [0.2, 0.25) is 0 Å². The first-order valence-corrected chi connectivity index (χ1v) is 23.1. The zero-order chi connectivity index (χ0) is 35.5. The summed E-state index contributed by atoms with van der Waals surface area (Å²) in [7, 11) is 2.54. The van der Waals surface area contributed by atoms with E-state index in [9.17, 15) is 0 Å². The van der Waals surface area contributed by atoms with Crippen LogP contribution in [0.5, 0.6) is 0 Å². The molecule has 0 aliphatic rings. The first-order valence-electron chi connectivity index (χ1n) is 11.0. The van der Waals surface area contributed by atoms with Crippen LogP contribution in [0.2, 0.25) is 0 Å². The van der Waals surface area contributed by atoms with Crippen LogP contribution in [0.4, 0.5) is 0 Å². The van der Waals surface area contributed by atoms with E-state index in [1.807, 2.05) is 0 Å². The van der Waals surface area contributed by atoms with Crippen molar-refractivity contribution in [1.82, 2.24) is 0 Å². The normalized spacial score (nSPS) is 11.6. The molecular weight excluding hydrogens is 746 g/mol. The van der Waals surface area contributed by atoms with Gasteiger partial charge in [-0.15, -0.1) is 0 Å². The standard InChI is InChI=1S/6C3H9O3P.Fe/c6*1-5-7(3,4)6-2;/h6*1-3H3;/q;;;;;;+3/p+6. The summed E-state index contributed by atoms with van der Waals surface area (Å²) in [6.45, 7) is 9.13. The number of hydrogen-bond donors (Lipinski definition) is 0. The van der Waals surface area contributed by atoms with Crippen LogP contribution >= 0.6 is 45.6 Å². The van der Waals surface area contributed by atoms with Crippen LogP contribution < -0.4 is 0 Å². The Morgan fingerprint density at radius 2 is 0.279 bits per heavy atom. The molecule has 0 fully saturated rings. The van der Waals surface area contributed by atoms with Crippen LogP contribution in [0, 0.1) is 0 Å². The van der Waals surface area contributed by atoms with Gasteiger partial charge in [0.1, 0.15) is 0 Å². The average Bonchev–Trinajstić information content (AvgIpc) is 2.98. The van der Waals surface area contributed by atoms with Crippen molar-refractivity contribution in [2.24, 2.45) is 0 Å². The van der Waals surface area contributed by atoms with Crippen molar-refractivity contribution >= 4 is 45.6 Å². The van der Waals surface area contributed by atoms with Gasteiger partial charge in [-0.05, 0) is 0 Å². The predicted octanol–water partition coefficient (Wildman–Crippen LogP) is 6.26. The topological polar surface area (TPSA) is 239 Å². The Labute approximate surface area is 269 Å². The second kappa shape index (κ2) is 32.0. The molecular formula is C18H60FeO18P6+9. The number of hydrogen-bond acceptors (Lipinski definition) is 12. The van der Waals surface area contributed by atoms with Crippen molar-refractivity contribution < 1.29 is 98.7 Å². The zero-order valence-electron chi connectivity index (χ0n) is 28.6. The van der Waals surface area contributed by atoms with E-state index >= 15 is 0 Å². The molecule has 0 aliphatic carbocycles. The van der Waals surface area contributed by atoms with Crippen molar-refractivity contribution in [2.45, 2.75) is 0 Å². The maximum Gasteiger partial charge on any atom is 3.00 e. The Morgan fingerprint density at radius 3 is 0.279 bits per heavy atom. The monoisotopic (exact) mass is 806 g/mol. The van der Waals surface area contributed by atoms with Crippen LogP contribution in [-0.4, -0.2) is 153 Å². The van der Waals surface area contributed by atoms with Gasteiger partial charge < -0.3 is 0 Å². The molecule has 25 heteroatoms. The molecule has 0 aromatic carbocycles. The Bertz CT molecular complexity index is 686. The van der Waals surface area contributed by atoms with Crippen LogP contribution in [-0.2, 0) is 71.4 Å². The molecule has 0 bridgehead atoms. The van der Waals surface area contributed by atoms with Gasteiger partial charge in [-0.3, -0.25) is 81.7 Å². The van der Waals surface area contributed by atoms with Crippen LogP contribution in [0.1, 0.15) is 0 Å². The van der Waals surface area contributed by atoms with Crippen molar-refractivity contribution in [3.8, 4) is 0 Å². The molecule has 18 nitrogen and oxygen atoms in total. The molecule has 0 rings (SSSR count). The fraction of sp³-hybridized carbons (Fsp3) is 1.00. The maximum absolute atomic E-state index is 8.80. The molecule has 0 atom stereocenters. The maximum atomic E-state index is 8.80. The summed E-state index contributed by atoms with van der Waals surface area (Å²) >= 11 is 0. The molecule has 0 saturated carbocycles. The van der Waals surface area contributed by atoms with Gasteiger partial charge in [0.25, 0.3) is 0 Å². The molecule has 0 heterocycles. The molecule has 269 valence electrons. The van der Waals surface area contributed by atoms with E-state index in [1.165, 1.54) is 125 Å². The van der Waals surface area contributed by atoms with Crippen molar-refractivity contribution in [2.75, 3.05) is 125 Å². The molecule has 0 unspecified atom stereocenters. The Kier molecular flexibility index (Phi) is 44.5. The molecule has 0 amide bonds. The third-order valence-electron chi connectivity index (χ3n) is 4.07. The minimum Gasteiger partial charge on any atom is -0.271 e. The van der Waals surface area contributed by atoms with Gasteiger partial charge in [-0.1, -0.05) is 0 Å². The van der Waals surface area contributed by atoms with Crippen molar-refractivity contribution in [1.29, 1.82) is 0 Å². The van der Waals surface area contributed by atoms with Crippen LogP contribution in [0.3, 0.4) is 0 Å². The van der Waals surface area contributed by atoms with E-state index in [0.29, 0.717) is 0 Å². The Morgan fingerprint density at radius 1 is 0.233 bits per heavy atom. The van der Waals surface area contributed by atoms with Crippen LogP contribution in [0.15, 0.2) is 0 Å². The SMILES string of the molecule is COP(C)(=[OH+])OC.COP(C)(=[OH+])OC.COP(C)(=[OH+])OC.COP(C)(=[OH+])OC.COP(C)(=[OH+])OC.COP(C)(=[OH+])OC.[Fe+3]. The molecule has 0 spiro atoms. The summed E-state index contributed by atoms with van der Waals surface area (Å²) in [5.41, 5.74) is 0. The van der Waals surface area contributed by atoms with E-state index in [1.54, 1.807) is 0 Å². The van der Waals surface area contributed by atoms with Gasteiger partial charge in [-0.25, -0.2) is 0 Å². The fourth-order valence-electron chi connectivity index (χ4n) is 0.447. The summed E-state index contributed by atoms with van der Waals surface area (Å²) in [6, 6.07) is 0. The minimum atomic E-state index is -2.40. The molecule has 0 saturated heterocycles. The molecule has 6 N–H and O–H groups in total. The minimum absolute atomic E-state index is 0. The summed E-state index contributed by atoms with van der Waals surface area (Å²) in [4.78, 5) is 0. The third kappa shape index (κ3) is 53.2. The van der Waals surface area contributed by atoms with Gasteiger partial charge in [0.15, 0.2) is 0 Å². The first-order chi connectivity index (χ1) is 18.7. The first kappa shape index (κ1) is 59.8. The molecule has 43 heavy (non-hydrogen) atoms. The second-order valence-corrected chi connectivity index (χ2v) is 21.0. The van der Waals surface area contributed by atoms with Crippen molar-refractivity contribution in [3.05, 3.63) is 0 Å². The Hall–Kier alpha value is 1.42. The summed E-state index contributed by atoms with van der Waals surface area (Å²) in [5.74, 6) is 0. The van der Waals surface area contributed by atoms with Gasteiger partial charge in [-0.2, -0.15) is 0 Å². The predicted molar refractivity (Wildman–Crippen MR) is 173 cm³/mol. The number of rotatable bonds is 12. The molecule has 1 radical (unpaired) electrons. The average molecular weight is 806 g/mol. The van der Waals surface area contributed by atoms with E-state index in [-0.39, 0.29) is 17.1 Å². The molecule has 0 aromatic rings. The van der Waals surface area contributed by atoms with Crippen molar-refractivity contribution in [3.63, 3.8) is 0 Å². The summed E-state index contributed by atoms with van der Waals surface area (Å²) < 4.78 is 107. The van der Waals surface area contributed by atoms with E-state index in [0.717, 1.165) is 0 Å². The van der Waals surface area contributed by atoms with E-state index in [2.05, 4.69) is 54.3 Å². The van der Waals surface area contributed by atoms with E-state index in [4.69, 9.17) is 27.4 Å². The third-order valence-corrected chi connectivity index (χ3v) is 12.2. The van der Waals surface area contributed by atoms with Crippen LogP contribution in [0.25, 0.3) is 0 Å². The second-order valence-electron chi connectivity index (χ2n) is 7.01. The van der Waals surface area contributed by atoms with Gasteiger partial charge in [0, 0.05) is 0 Å². The molecule has 0 aliphatic heterocycles. The largest absolute Gasteiger partial charge is 3.00 e. The molecule has 0 aromatic heterocycles. The van der Waals surface area contributed by atoms with Gasteiger partial charge in [0.05, 0.1) is 125 Å².